The monoisotopic (exact) mass is 1120 g/mol. The van der Waals surface area contributed by atoms with E-state index in [1.54, 1.807) is 42.5 Å². The highest BCUT2D eigenvalue weighted by Crippen LogP contribution is 2.54. The predicted octanol–water partition coefficient (Wildman–Crippen LogP) is 7.10. The zero-order valence-corrected chi connectivity index (χ0v) is 45.4. The van der Waals surface area contributed by atoms with Crippen LogP contribution in [0.5, 0.6) is 0 Å². The highest BCUT2D eigenvalue weighted by atomic mass is 32.2. The molecule has 408 valence electrons. The molecule has 4 aromatic carbocycles. The van der Waals surface area contributed by atoms with Crippen LogP contribution in [-0.2, 0) is 75.0 Å². The van der Waals surface area contributed by atoms with Crippen molar-refractivity contribution < 1.29 is 85.3 Å². The van der Waals surface area contributed by atoms with E-state index < -0.39 is 76.9 Å². The van der Waals surface area contributed by atoms with E-state index in [0.717, 1.165) is 11.8 Å². The van der Waals surface area contributed by atoms with E-state index in [0.29, 0.717) is 92.3 Å². The smallest absolute Gasteiger partial charge is 0.303 e. The fraction of sp³-hybridized carbons (Fsp3) is 0.412. The summed E-state index contributed by atoms with van der Waals surface area (Å²) >= 11 is 0. The van der Waals surface area contributed by atoms with Crippen LogP contribution in [0.1, 0.15) is 70.4 Å². The lowest BCUT2D eigenvalue weighted by Crippen LogP contribution is -2.33. The molecule has 0 bridgehead atoms. The summed E-state index contributed by atoms with van der Waals surface area (Å²) < 4.78 is 168. The third-order valence-corrected chi connectivity index (χ3v) is 17.0. The number of allylic oxidation sites excluding steroid dienone is 8. The molecule has 75 heavy (non-hydrogen) atoms. The molecule has 4 N–H and O–H groups in total. The Bertz CT molecular complexity index is 3460. The van der Waals surface area contributed by atoms with Gasteiger partial charge in [-0.05, 0) is 111 Å². The summed E-state index contributed by atoms with van der Waals surface area (Å²) in [5.41, 5.74) is 1.64. The van der Waals surface area contributed by atoms with Crippen LogP contribution in [0, 0.1) is 0 Å². The maximum Gasteiger partial charge on any atom is 0.303 e. The number of rotatable bonds is 27. The average Bonchev–Trinajstić information content (AvgIpc) is 3.71. The third kappa shape index (κ3) is 13.1. The molecular weight excluding hydrogens is 1060 g/mol. The van der Waals surface area contributed by atoms with E-state index in [1.165, 1.54) is 32.4 Å². The van der Waals surface area contributed by atoms with Crippen LogP contribution in [0.4, 0.5) is 11.4 Å². The fourth-order valence-electron chi connectivity index (χ4n) is 10.1. The molecule has 0 saturated carbocycles. The number of fused-ring (bicyclic) bond motifs is 6. The summed E-state index contributed by atoms with van der Waals surface area (Å²) in [6.45, 7) is 7.99. The van der Waals surface area contributed by atoms with E-state index in [1.807, 2.05) is 42.4 Å². The SMILES string of the molecule is CC[N+]1=C(/C=C/C=C/C=C/C=C2/N(CCCCCC(=O)O)c3ccc4c(S(=O)(=O)[O-])cc(S(=O)(=O)O)cc4c3C2(C)CCOCCOC)C(C)(CCOCCOC)c2c1ccc1c(S(=O)(=O)O)cc(S(=O)(=O)O)cc21. The highest BCUT2D eigenvalue weighted by molar-refractivity contribution is 7.87. The average molecular weight is 1120 g/mol. The molecule has 2 aliphatic heterocycles. The van der Waals surface area contributed by atoms with Crippen molar-refractivity contribution in [2.24, 2.45) is 0 Å². The van der Waals surface area contributed by atoms with Gasteiger partial charge in [-0.1, -0.05) is 42.9 Å². The van der Waals surface area contributed by atoms with Gasteiger partial charge < -0.3 is 33.5 Å². The van der Waals surface area contributed by atoms with Gasteiger partial charge in [0.15, 0.2) is 5.71 Å². The van der Waals surface area contributed by atoms with Crippen molar-refractivity contribution in [3.63, 3.8) is 0 Å². The number of methoxy groups -OCH3 is 2. The topological polar surface area (TPSA) is 301 Å². The Morgan fingerprint density at radius 3 is 1.76 bits per heavy atom. The van der Waals surface area contributed by atoms with Crippen molar-refractivity contribution in [2.45, 2.75) is 89.7 Å². The Morgan fingerprint density at radius 2 is 1.20 bits per heavy atom. The van der Waals surface area contributed by atoms with Crippen LogP contribution in [0.3, 0.4) is 0 Å². The molecular formula is C51H62N2O18S4. The first kappa shape index (κ1) is 59.0. The number of nitrogens with zero attached hydrogens (tertiary/aromatic N) is 2. The molecule has 0 fully saturated rings. The van der Waals surface area contributed by atoms with Crippen LogP contribution in [0.15, 0.2) is 116 Å². The van der Waals surface area contributed by atoms with Gasteiger partial charge in [0.2, 0.25) is 5.69 Å². The van der Waals surface area contributed by atoms with E-state index in [2.05, 4.69) is 0 Å². The lowest BCUT2D eigenvalue weighted by Gasteiger charge is -2.31. The fourth-order valence-corrected chi connectivity index (χ4v) is 12.7. The number of unbranched alkanes of at least 4 members (excludes halogenated alkanes) is 2. The van der Waals surface area contributed by atoms with Crippen molar-refractivity contribution in [3.8, 4) is 0 Å². The van der Waals surface area contributed by atoms with Gasteiger partial charge in [-0.25, -0.2) is 8.42 Å². The second-order valence-electron chi connectivity index (χ2n) is 18.4. The summed E-state index contributed by atoms with van der Waals surface area (Å²) in [7, 11) is -17.1. The van der Waals surface area contributed by atoms with Crippen LogP contribution < -0.4 is 4.90 Å². The lowest BCUT2D eigenvalue weighted by molar-refractivity contribution is -0.433. The number of carbonyl (C=O) groups is 1. The molecule has 4 aromatic rings. The van der Waals surface area contributed by atoms with Crippen molar-refractivity contribution in [3.05, 3.63) is 108 Å². The first-order chi connectivity index (χ1) is 35.2. The zero-order chi connectivity index (χ0) is 55.1. The highest BCUT2D eigenvalue weighted by Gasteiger charge is 2.49. The maximum absolute atomic E-state index is 12.7. The summed E-state index contributed by atoms with van der Waals surface area (Å²) in [5.74, 6) is -0.935. The quantitative estimate of drug-likeness (QED) is 0.0200. The molecule has 0 radical (unpaired) electrons. The normalized spacial score (nSPS) is 19.1. The Morgan fingerprint density at radius 1 is 0.653 bits per heavy atom. The van der Waals surface area contributed by atoms with Gasteiger partial charge in [0, 0.05) is 80.3 Å². The van der Waals surface area contributed by atoms with Crippen molar-refractivity contribution in [2.75, 3.05) is 71.9 Å². The molecule has 2 heterocycles. The Balaban J connectivity index is 1.45. The molecule has 2 aliphatic rings. The van der Waals surface area contributed by atoms with Crippen LogP contribution in [-0.4, -0.2) is 140 Å². The van der Waals surface area contributed by atoms with Gasteiger partial charge in [0.1, 0.15) is 21.6 Å². The number of carboxylic acid groups (broad SMARTS) is 1. The minimum Gasteiger partial charge on any atom is -0.744 e. The molecule has 6 rings (SSSR count). The number of hydrogen-bond donors (Lipinski definition) is 4. The predicted molar refractivity (Wildman–Crippen MR) is 279 cm³/mol. The Hall–Kier alpha value is -5.22. The van der Waals surface area contributed by atoms with E-state index in [9.17, 15) is 61.8 Å². The summed E-state index contributed by atoms with van der Waals surface area (Å²) in [6.07, 6.45) is 14.6. The third-order valence-electron chi connectivity index (χ3n) is 13.5. The zero-order valence-electron chi connectivity index (χ0n) is 42.1. The number of benzene rings is 4. The minimum atomic E-state index is -5.27. The van der Waals surface area contributed by atoms with Gasteiger partial charge in [0.05, 0.1) is 46.5 Å². The van der Waals surface area contributed by atoms with Crippen molar-refractivity contribution in [1.82, 2.24) is 0 Å². The molecule has 20 nitrogen and oxygen atoms in total. The Kier molecular flexibility index (Phi) is 18.9. The summed E-state index contributed by atoms with van der Waals surface area (Å²) in [6, 6.07) is 9.94. The summed E-state index contributed by atoms with van der Waals surface area (Å²) in [4.78, 5) is 10.3. The molecule has 2 atom stereocenters. The van der Waals surface area contributed by atoms with Crippen LogP contribution >= 0.6 is 0 Å². The first-order valence-corrected chi connectivity index (χ1v) is 29.6. The second kappa shape index (κ2) is 24.0. The summed E-state index contributed by atoms with van der Waals surface area (Å²) in [5, 5.41) is 9.57. The van der Waals surface area contributed by atoms with E-state index in [-0.39, 0.29) is 60.8 Å². The largest absolute Gasteiger partial charge is 0.744 e. The van der Waals surface area contributed by atoms with Gasteiger partial charge in [-0.2, -0.15) is 29.8 Å². The number of anilines is 1. The van der Waals surface area contributed by atoms with Crippen molar-refractivity contribution >= 4 is 85.1 Å². The van der Waals surface area contributed by atoms with Crippen LogP contribution in [0.2, 0.25) is 0 Å². The van der Waals surface area contributed by atoms with Crippen molar-refractivity contribution in [1.29, 1.82) is 0 Å². The molecule has 0 saturated heterocycles. The molecule has 0 amide bonds. The lowest BCUT2D eigenvalue weighted by atomic mass is 9.75. The second-order valence-corrected chi connectivity index (χ2v) is 24.0. The maximum atomic E-state index is 12.7. The molecule has 0 aliphatic carbocycles. The van der Waals surface area contributed by atoms with E-state index in [4.69, 9.17) is 18.9 Å². The van der Waals surface area contributed by atoms with Gasteiger partial charge >= 0.3 is 5.97 Å². The Labute approximate surface area is 437 Å². The molecule has 2 unspecified atom stereocenters. The molecule has 24 heteroatoms. The molecule has 0 aromatic heterocycles. The standard InChI is InChI=1S/C51H62N2O18S4/c1-6-52-41-20-18-37-39(31-35(72(56,57)58)33-43(37)74(62,63)64)48(41)50(2,22-25-70-29-27-68-4)45(52)15-11-8-7-9-12-16-46-51(3,23-26-71-30-28-69-5)49-40-32-36(73(59,60)61)34-44(75(65,66)67)38(40)19-21-42(49)53(46)24-14-10-13-17-47(54)55/h7-9,11-12,15-16,18-21,31-34H,6,10,13-14,17,22-30H2,1-5H3,(H4-,54,55,56,57,58,59,60,61,62,63,64,65,66,67). The van der Waals surface area contributed by atoms with Crippen LogP contribution in [0.25, 0.3) is 21.5 Å². The minimum absolute atomic E-state index is 0.0350. The number of hydrogen-bond acceptors (Lipinski definition) is 15. The van der Waals surface area contributed by atoms with Gasteiger partial charge in [-0.3, -0.25) is 18.5 Å². The first-order valence-electron chi connectivity index (χ1n) is 23.8. The van der Waals surface area contributed by atoms with Gasteiger partial charge in [-0.15, -0.1) is 0 Å². The number of aliphatic carboxylic acids is 1. The van der Waals surface area contributed by atoms with Gasteiger partial charge in [0.25, 0.3) is 30.4 Å². The number of ether oxygens (including phenoxy) is 4. The number of carboxylic acids is 1. The molecule has 0 spiro atoms. The van der Waals surface area contributed by atoms with E-state index >= 15 is 0 Å².